The van der Waals surface area contributed by atoms with E-state index >= 15 is 0 Å². The Hall–Kier alpha value is -1.22. The molecule has 100 valence electrons. The number of nitrogens with one attached hydrogen (secondary N) is 1. The zero-order valence-corrected chi connectivity index (χ0v) is 12.3. The number of aryl methyl sites for hydroxylation is 1. The van der Waals surface area contributed by atoms with E-state index in [2.05, 4.69) is 19.2 Å². The van der Waals surface area contributed by atoms with Crippen molar-refractivity contribution in [1.29, 1.82) is 0 Å². The number of amides is 1. The zero-order chi connectivity index (χ0) is 13.9. The SMILES string of the molecule is COc1c(C)cc(Cl)cc1C(C)(C)CNC(C)=O. The minimum Gasteiger partial charge on any atom is -0.496 e. The molecule has 3 nitrogen and oxygen atoms in total. The number of hydrogen-bond donors (Lipinski definition) is 1. The molecule has 0 fully saturated rings. The number of rotatable bonds is 4. The number of halogens is 1. The van der Waals surface area contributed by atoms with E-state index in [0.717, 1.165) is 16.9 Å². The van der Waals surface area contributed by atoms with Gasteiger partial charge in [0.05, 0.1) is 7.11 Å². The Morgan fingerprint density at radius 1 is 1.44 bits per heavy atom. The van der Waals surface area contributed by atoms with Crippen LogP contribution in [0.3, 0.4) is 0 Å². The second kappa shape index (κ2) is 5.61. The van der Waals surface area contributed by atoms with Crippen molar-refractivity contribution in [1.82, 2.24) is 5.32 Å². The molecule has 1 aromatic carbocycles. The molecule has 1 amide bonds. The zero-order valence-electron chi connectivity index (χ0n) is 11.6. The van der Waals surface area contributed by atoms with Gasteiger partial charge in [-0.2, -0.15) is 0 Å². The fraction of sp³-hybridized carbons (Fsp3) is 0.500. The maximum Gasteiger partial charge on any atom is 0.216 e. The van der Waals surface area contributed by atoms with Crippen molar-refractivity contribution >= 4 is 17.5 Å². The molecule has 0 spiro atoms. The summed E-state index contributed by atoms with van der Waals surface area (Å²) in [7, 11) is 1.65. The van der Waals surface area contributed by atoms with E-state index in [4.69, 9.17) is 16.3 Å². The monoisotopic (exact) mass is 269 g/mol. The fourth-order valence-electron chi connectivity index (χ4n) is 1.94. The Morgan fingerprint density at radius 3 is 2.56 bits per heavy atom. The molecule has 0 unspecified atom stereocenters. The normalized spacial score (nSPS) is 11.2. The third-order valence-corrected chi connectivity index (χ3v) is 3.17. The third kappa shape index (κ3) is 3.39. The second-order valence-electron chi connectivity index (χ2n) is 5.10. The number of methoxy groups -OCH3 is 1. The quantitative estimate of drug-likeness (QED) is 0.912. The molecule has 1 N–H and O–H groups in total. The van der Waals surface area contributed by atoms with E-state index in [0.29, 0.717) is 11.6 Å². The summed E-state index contributed by atoms with van der Waals surface area (Å²) in [5, 5.41) is 3.52. The topological polar surface area (TPSA) is 38.3 Å². The van der Waals surface area contributed by atoms with Crippen LogP contribution in [0.2, 0.25) is 5.02 Å². The highest BCUT2D eigenvalue weighted by molar-refractivity contribution is 6.30. The van der Waals surface area contributed by atoms with Gasteiger partial charge >= 0.3 is 0 Å². The molecular formula is C14H20ClNO2. The summed E-state index contributed by atoms with van der Waals surface area (Å²) in [6.45, 7) is 8.12. The first-order valence-corrected chi connectivity index (χ1v) is 6.25. The number of ether oxygens (including phenoxy) is 1. The third-order valence-electron chi connectivity index (χ3n) is 2.95. The van der Waals surface area contributed by atoms with Crippen molar-refractivity contribution < 1.29 is 9.53 Å². The van der Waals surface area contributed by atoms with Crippen molar-refractivity contribution in [3.05, 3.63) is 28.3 Å². The molecule has 18 heavy (non-hydrogen) atoms. The van der Waals surface area contributed by atoms with Crippen LogP contribution in [0.15, 0.2) is 12.1 Å². The van der Waals surface area contributed by atoms with Crippen LogP contribution in [0.4, 0.5) is 0 Å². The molecule has 0 saturated carbocycles. The number of carbonyl (C=O) groups is 1. The smallest absolute Gasteiger partial charge is 0.216 e. The summed E-state index contributed by atoms with van der Waals surface area (Å²) in [6.07, 6.45) is 0. The number of hydrogen-bond acceptors (Lipinski definition) is 2. The Balaban J connectivity index is 3.17. The lowest BCUT2D eigenvalue weighted by molar-refractivity contribution is -0.119. The molecule has 0 aromatic heterocycles. The van der Waals surface area contributed by atoms with Gasteiger partial charge in [0, 0.05) is 29.5 Å². The first kappa shape index (κ1) is 14.8. The predicted molar refractivity (Wildman–Crippen MR) is 74.5 cm³/mol. The van der Waals surface area contributed by atoms with Crippen LogP contribution in [-0.2, 0) is 10.2 Å². The van der Waals surface area contributed by atoms with Gasteiger partial charge in [-0.1, -0.05) is 25.4 Å². The van der Waals surface area contributed by atoms with Crippen LogP contribution in [0.1, 0.15) is 31.9 Å². The van der Waals surface area contributed by atoms with Crippen molar-refractivity contribution in [2.24, 2.45) is 0 Å². The van der Waals surface area contributed by atoms with Gasteiger partial charge in [0.25, 0.3) is 0 Å². The van der Waals surface area contributed by atoms with Gasteiger partial charge in [-0.05, 0) is 24.6 Å². The van der Waals surface area contributed by atoms with Crippen molar-refractivity contribution in [2.45, 2.75) is 33.1 Å². The maximum atomic E-state index is 11.0. The largest absolute Gasteiger partial charge is 0.496 e. The maximum absolute atomic E-state index is 11.0. The van der Waals surface area contributed by atoms with Crippen LogP contribution in [0, 0.1) is 6.92 Å². The van der Waals surface area contributed by atoms with E-state index in [1.165, 1.54) is 6.92 Å². The number of carbonyl (C=O) groups excluding carboxylic acids is 1. The summed E-state index contributed by atoms with van der Waals surface area (Å²) in [4.78, 5) is 11.0. The van der Waals surface area contributed by atoms with Gasteiger partial charge < -0.3 is 10.1 Å². The summed E-state index contributed by atoms with van der Waals surface area (Å²) in [6, 6.07) is 3.77. The first-order chi connectivity index (χ1) is 8.27. The Morgan fingerprint density at radius 2 is 2.06 bits per heavy atom. The van der Waals surface area contributed by atoms with Gasteiger partial charge in [0.1, 0.15) is 5.75 Å². The van der Waals surface area contributed by atoms with Gasteiger partial charge in [0.15, 0.2) is 0 Å². The molecule has 0 radical (unpaired) electrons. The molecule has 0 saturated heterocycles. The van der Waals surface area contributed by atoms with Gasteiger partial charge in [-0.3, -0.25) is 4.79 Å². The standard InChI is InChI=1S/C14H20ClNO2/c1-9-6-11(15)7-12(13(9)18-5)14(3,4)8-16-10(2)17/h6-7H,8H2,1-5H3,(H,16,17). The van der Waals surface area contributed by atoms with E-state index in [-0.39, 0.29) is 11.3 Å². The van der Waals surface area contributed by atoms with E-state index < -0.39 is 0 Å². The molecule has 1 aromatic rings. The summed E-state index contributed by atoms with van der Waals surface area (Å²) < 4.78 is 5.45. The average molecular weight is 270 g/mol. The van der Waals surface area contributed by atoms with Gasteiger partial charge in [-0.25, -0.2) is 0 Å². The van der Waals surface area contributed by atoms with Gasteiger partial charge in [0.2, 0.25) is 5.91 Å². The minimum absolute atomic E-state index is 0.0409. The van der Waals surface area contributed by atoms with Crippen LogP contribution in [-0.4, -0.2) is 19.6 Å². The van der Waals surface area contributed by atoms with Gasteiger partial charge in [-0.15, -0.1) is 0 Å². The fourth-order valence-corrected chi connectivity index (χ4v) is 2.22. The molecule has 0 aliphatic carbocycles. The second-order valence-corrected chi connectivity index (χ2v) is 5.53. The molecule has 0 bridgehead atoms. The molecule has 4 heteroatoms. The number of benzene rings is 1. The molecule has 0 atom stereocenters. The Labute approximate surface area is 113 Å². The van der Waals surface area contributed by atoms with E-state index in [1.807, 2.05) is 19.1 Å². The Bertz CT molecular complexity index is 455. The lowest BCUT2D eigenvalue weighted by Crippen LogP contribution is -2.35. The molecule has 0 heterocycles. The summed E-state index contributed by atoms with van der Waals surface area (Å²) in [5.74, 6) is 0.788. The van der Waals surface area contributed by atoms with Crippen LogP contribution in [0.5, 0.6) is 5.75 Å². The molecule has 0 aliphatic rings. The lowest BCUT2D eigenvalue weighted by Gasteiger charge is -2.28. The molecule has 1 rings (SSSR count). The van der Waals surface area contributed by atoms with Crippen LogP contribution in [0.25, 0.3) is 0 Å². The summed E-state index contributed by atoms with van der Waals surface area (Å²) in [5.41, 5.74) is 1.76. The highest BCUT2D eigenvalue weighted by atomic mass is 35.5. The molecular weight excluding hydrogens is 250 g/mol. The first-order valence-electron chi connectivity index (χ1n) is 5.87. The Kier molecular flexibility index (Phi) is 4.63. The van der Waals surface area contributed by atoms with E-state index in [9.17, 15) is 4.79 Å². The van der Waals surface area contributed by atoms with Crippen molar-refractivity contribution in [3.63, 3.8) is 0 Å². The lowest BCUT2D eigenvalue weighted by atomic mass is 9.83. The average Bonchev–Trinajstić information content (AvgIpc) is 2.25. The van der Waals surface area contributed by atoms with Crippen LogP contribution < -0.4 is 10.1 Å². The highest BCUT2D eigenvalue weighted by Crippen LogP contribution is 2.36. The van der Waals surface area contributed by atoms with E-state index in [1.54, 1.807) is 7.11 Å². The molecule has 0 aliphatic heterocycles. The van der Waals surface area contributed by atoms with Crippen LogP contribution >= 0.6 is 11.6 Å². The predicted octanol–water partition coefficient (Wildman–Crippen LogP) is 3.07. The van der Waals surface area contributed by atoms with Crippen molar-refractivity contribution in [3.8, 4) is 5.75 Å². The van der Waals surface area contributed by atoms with Crippen molar-refractivity contribution in [2.75, 3.05) is 13.7 Å². The summed E-state index contributed by atoms with van der Waals surface area (Å²) >= 11 is 6.10. The highest BCUT2D eigenvalue weighted by Gasteiger charge is 2.26. The minimum atomic E-state index is -0.243.